The van der Waals surface area contributed by atoms with Crippen molar-refractivity contribution in [1.82, 2.24) is 5.43 Å². The number of hydrazone groups is 1. The number of carboxylic acids is 1. The second-order valence-electron chi connectivity index (χ2n) is 3.84. The fourth-order valence-electron chi connectivity index (χ4n) is 1.38. The molecule has 0 aromatic heterocycles. The second-order valence-corrected chi connectivity index (χ2v) is 4.70. The van der Waals surface area contributed by atoms with Crippen molar-refractivity contribution in [3.05, 3.63) is 22.2 Å². The number of halogens is 1. The van der Waals surface area contributed by atoms with Crippen LogP contribution in [0.15, 0.2) is 21.7 Å². The molecule has 1 amide bonds. The molecule has 0 unspecified atom stereocenters. The Morgan fingerprint density at radius 3 is 2.86 bits per heavy atom. The summed E-state index contributed by atoms with van der Waals surface area (Å²) in [6.07, 6.45) is 1.07. The summed E-state index contributed by atoms with van der Waals surface area (Å²) in [5.74, 6) is -1.08. The average Bonchev–Trinajstić information content (AvgIpc) is 2.45. The third kappa shape index (κ3) is 5.41. The minimum absolute atomic E-state index is 0.246. The van der Waals surface area contributed by atoms with E-state index < -0.39 is 18.5 Å². The summed E-state index contributed by atoms with van der Waals surface area (Å²) in [7, 11) is 1.41. The van der Waals surface area contributed by atoms with E-state index in [0.29, 0.717) is 15.8 Å². The Hall–Kier alpha value is -2.60. The van der Waals surface area contributed by atoms with Crippen LogP contribution in [0.4, 0.5) is 0 Å². The number of hydrogen-bond donors (Lipinski definition) is 2. The van der Waals surface area contributed by atoms with Crippen LogP contribution >= 0.6 is 15.9 Å². The van der Waals surface area contributed by atoms with E-state index in [4.69, 9.17) is 19.8 Å². The van der Waals surface area contributed by atoms with Crippen LogP contribution in [0.25, 0.3) is 0 Å². The van der Waals surface area contributed by atoms with Gasteiger partial charge in [-0.3, -0.25) is 4.79 Å². The highest BCUT2D eigenvalue weighted by Gasteiger charge is 2.12. The number of ether oxygens (including phenoxy) is 2. The zero-order valence-electron chi connectivity index (χ0n) is 11.5. The number of nitrogens with zero attached hydrogens (tertiary/aromatic N) is 2. The molecule has 1 rings (SSSR count). The molecule has 22 heavy (non-hydrogen) atoms. The summed E-state index contributed by atoms with van der Waals surface area (Å²) in [4.78, 5) is 21.6. The van der Waals surface area contributed by atoms with E-state index in [9.17, 15) is 9.59 Å². The first-order valence-electron chi connectivity index (χ1n) is 5.89. The first kappa shape index (κ1) is 17.5. The first-order chi connectivity index (χ1) is 10.5. The molecule has 116 valence electrons. The zero-order chi connectivity index (χ0) is 16.5. The molecular formula is C13H12BrN3O5. The quantitative estimate of drug-likeness (QED) is 0.551. The lowest BCUT2D eigenvalue weighted by Gasteiger charge is -2.12. The van der Waals surface area contributed by atoms with Crippen LogP contribution < -0.4 is 14.9 Å². The van der Waals surface area contributed by atoms with E-state index >= 15 is 0 Å². The standard InChI is InChI=1S/C13H12BrN3O5/c1-21-10-5-8(6-16-17-11(18)2-3-15)4-9(14)13(10)22-7-12(19)20/h4-6H,2,7H2,1H3,(H,17,18)(H,19,20)/b16-6-. The summed E-state index contributed by atoms with van der Waals surface area (Å²) in [5.41, 5.74) is 2.76. The van der Waals surface area contributed by atoms with Gasteiger partial charge in [0.2, 0.25) is 0 Å². The Morgan fingerprint density at radius 1 is 1.55 bits per heavy atom. The van der Waals surface area contributed by atoms with Gasteiger partial charge in [-0.1, -0.05) is 0 Å². The molecule has 9 heteroatoms. The van der Waals surface area contributed by atoms with Crippen molar-refractivity contribution in [1.29, 1.82) is 5.26 Å². The van der Waals surface area contributed by atoms with E-state index in [1.807, 2.05) is 0 Å². The molecule has 8 nitrogen and oxygen atoms in total. The van der Waals surface area contributed by atoms with Gasteiger partial charge in [0.1, 0.15) is 6.42 Å². The van der Waals surface area contributed by atoms with Crippen LogP contribution in [0.1, 0.15) is 12.0 Å². The van der Waals surface area contributed by atoms with E-state index in [1.165, 1.54) is 13.3 Å². The summed E-state index contributed by atoms with van der Waals surface area (Å²) >= 11 is 3.24. The molecule has 0 atom stereocenters. The molecule has 0 aliphatic rings. The lowest BCUT2D eigenvalue weighted by atomic mass is 10.2. The third-order valence-corrected chi connectivity index (χ3v) is 2.82. The number of nitrogens with one attached hydrogen (secondary N) is 1. The summed E-state index contributed by atoms with van der Waals surface area (Å²) < 4.78 is 10.7. The minimum atomic E-state index is -1.11. The Balaban J connectivity index is 2.88. The van der Waals surface area contributed by atoms with Crippen LogP contribution in [-0.4, -0.2) is 36.9 Å². The lowest BCUT2D eigenvalue weighted by Crippen LogP contribution is -2.16. The molecule has 0 heterocycles. The Morgan fingerprint density at radius 2 is 2.27 bits per heavy atom. The largest absolute Gasteiger partial charge is 0.493 e. The number of rotatable bonds is 7. The van der Waals surface area contributed by atoms with Crippen LogP contribution in [0, 0.1) is 11.3 Å². The van der Waals surface area contributed by atoms with Crippen LogP contribution in [-0.2, 0) is 9.59 Å². The maximum atomic E-state index is 11.1. The van der Waals surface area contributed by atoms with Crippen molar-refractivity contribution in [2.75, 3.05) is 13.7 Å². The molecule has 0 aliphatic carbocycles. The number of hydrogen-bond acceptors (Lipinski definition) is 6. The van der Waals surface area contributed by atoms with E-state index in [2.05, 4.69) is 26.5 Å². The van der Waals surface area contributed by atoms with Crippen molar-refractivity contribution in [2.45, 2.75) is 6.42 Å². The van der Waals surface area contributed by atoms with E-state index in [-0.39, 0.29) is 12.2 Å². The van der Waals surface area contributed by atoms with Crippen molar-refractivity contribution in [2.24, 2.45) is 5.10 Å². The van der Waals surface area contributed by atoms with Crippen LogP contribution in [0.3, 0.4) is 0 Å². The van der Waals surface area contributed by atoms with Gasteiger partial charge in [0, 0.05) is 0 Å². The minimum Gasteiger partial charge on any atom is -0.493 e. The zero-order valence-corrected chi connectivity index (χ0v) is 13.1. The number of carboxylic acid groups (broad SMARTS) is 1. The van der Waals surface area contributed by atoms with Crippen molar-refractivity contribution in [3.8, 4) is 17.6 Å². The lowest BCUT2D eigenvalue weighted by molar-refractivity contribution is -0.139. The summed E-state index contributed by atoms with van der Waals surface area (Å²) in [6.45, 7) is -0.507. The van der Waals surface area contributed by atoms with Gasteiger partial charge < -0.3 is 14.6 Å². The van der Waals surface area contributed by atoms with Gasteiger partial charge in [-0.05, 0) is 33.6 Å². The molecule has 0 aliphatic heterocycles. The maximum absolute atomic E-state index is 11.1. The maximum Gasteiger partial charge on any atom is 0.341 e. The van der Waals surface area contributed by atoms with Gasteiger partial charge in [-0.25, -0.2) is 10.2 Å². The second kappa shape index (κ2) is 8.63. The number of methoxy groups -OCH3 is 1. The van der Waals surface area contributed by atoms with Crippen molar-refractivity contribution < 1.29 is 24.2 Å². The van der Waals surface area contributed by atoms with E-state index in [1.54, 1.807) is 18.2 Å². The third-order valence-electron chi connectivity index (χ3n) is 2.23. The van der Waals surface area contributed by atoms with Crippen molar-refractivity contribution >= 4 is 34.0 Å². The molecule has 0 bridgehead atoms. The molecule has 0 saturated carbocycles. The average molecular weight is 370 g/mol. The smallest absolute Gasteiger partial charge is 0.341 e. The Bertz CT molecular complexity index is 639. The highest BCUT2D eigenvalue weighted by molar-refractivity contribution is 9.10. The monoisotopic (exact) mass is 369 g/mol. The number of nitriles is 1. The molecule has 0 fully saturated rings. The first-order valence-corrected chi connectivity index (χ1v) is 6.68. The van der Waals surface area contributed by atoms with Gasteiger partial charge in [0.25, 0.3) is 5.91 Å². The Labute approximate surface area is 134 Å². The number of carbonyl (C=O) groups excluding carboxylic acids is 1. The highest BCUT2D eigenvalue weighted by Crippen LogP contribution is 2.36. The molecule has 2 N–H and O–H groups in total. The van der Waals surface area contributed by atoms with Gasteiger partial charge in [-0.15, -0.1) is 0 Å². The van der Waals surface area contributed by atoms with Crippen LogP contribution in [0.5, 0.6) is 11.5 Å². The van der Waals surface area contributed by atoms with Gasteiger partial charge in [0.05, 0.1) is 23.9 Å². The normalized spacial score (nSPS) is 10.0. The van der Waals surface area contributed by atoms with Crippen molar-refractivity contribution in [3.63, 3.8) is 0 Å². The predicted octanol–water partition coefficient (Wildman–Crippen LogP) is 1.28. The summed E-state index contributed by atoms with van der Waals surface area (Å²) in [5, 5.41) is 20.7. The molecule has 0 saturated heterocycles. The molecular weight excluding hydrogens is 358 g/mol. The molecule has 0 radical (unpaired) electrons. The van der Waals surface area contributed by atoms with Gasteiger partial charge in [0.15, 0.2) is 18.1 Å². The number of benzene rings is 1. The topological polar surface area (TPSA) is 121 Å². The Kier molecular flexibility index (Phi) is 6.85. The number of carbonyl (C=O) groups is 2. The van der Waals surface area contributed by atoms with Gasteiger partial charge in [-0.2, -0.15) is 10.4 Å². The fourth-order valence-corrected chi connectivity index (χ4v) is 1.95. The number of amides is 1. The van der Waals surface area contributed by atoms with Crippen LogP contribution in [0.2, 0.25) is 0 Å². The number of aliphatic carboxylic acids is 1. The molecule has 1 aromatic carbocycles. The summed E-state index contributed by atoms with van der Waals surface area (Å²) in [6, 6.07) is 4.86. The SMILES string of the molecule is COc1cc(/C=N\NC(=O)CC#N)cc(Br)c1OCC(=O)O. The van der Waals surface area contributed by atoms with E-state index in [0.717, 1.165) is 0 Å². The molecule has 0 spiro atoms. The fraction of sp³-hybridized carbons (Fsp3) is 0.231. The van der Waals surface area contributed by atoms with Gasteiger partial charge >= 0.3 is 5.97 Å². The predicted molar refractivity (Wildman–Crippen MR) is 79.8 cm³/mol. The molecule has 1 aromatic rings. The highest BCUT2D eigenvalue weighted by atomic mass is 79.9.